The monoisotopic (exact) mass is 659 g/mol. The second kappa shape index (κ2) is 14.0. The van der Waals surface area contributed by atoms with Crippen LogP contribution in [0.3, 0.4) is 0 Å². The first kappa shape index (κ1) is 33.0. The molecular formula is C34H42FN9O4. The summed E-state index contributed by atoms with van der Waals surface area (Å²) >= 11 is 0. The summed E-state index contributed by atoms with van der Waals surface area (Å²) in [6, 6.07) is 8.94. The zero-order valence-electron chi connectivity index (χ0n) is 27.5. The number of unbranched alkanes of at least 4 members (excludes halogenated alkanes) is 1. The van der Waals surface area contributed by atoms with E-state index in [1.165, 1.54) is 23.4 Å². The number of aryl methyl sites for hydroxylation is 3. The number of fused-ring (bicyclic) bond motifs is 2. The van der Waals surface area contributed by atoms with Crippen molar-refractivity contribution >= 4 is 45.7 Å². The number of aromatic nitrogens is 3. The van der Waals surface area contributed by atoms with E-state index in [9.17, 15) is 19.5 Å². The molecule has 1 saturated heterocycles. The van der Waals surface area contributed by atoms with Gasteiger partial charge in [-0.3, -0.25) is 15.0 Å². The zero-order valence-corrected chi connectivity index (χ0v) is 27.5. The van der Waals surface area contributed by atoms with Gasteiger partial charge in [-0.15, -0.1) is 0 Å². The van der Waals surface area contributed by atoms with Crippen molar-refractivity contribution in [1.82, 2.24) is 25.0 Å². The molecule has 2 aliphatic rings. The van der Waals surface area contributed by atoms with Crippen LogP contribution in [0.25, 0.3) is 10.9 Å². The van der Waals surface area contributed by atoms with Crippen molar-refractivity contribution in [1.29, 1.82) is 0 Å². The molecule has 4 aromatic rings. The van der Waals surface area contributed by atoms with E-state index in [4.69, 9.17) is 0 Å². The average molecular weight is 660 g/mol. The van der Waals surface area contributed by atoms with Crippen molar-refractivity contribution in [3.63, 3.8) is 0 Å². The van der Waals surface area contributed by atoms with Crippen LogP contribution >= 0.6 is 0 Å². The maximum atomic E-state index is 15.4. The number of nitrogens with one attached hydrogen (secondary N) is 4. The number of aromatic carboxylic acids is 1. The molecule has 2 aromatic carbocycles. The van der Waals surface area contributed by atoms with Gasteiger partial charge in [0.25, 0.3) is 5.56 Å². The number of anilines is 5. The Kier molecular flexibility index (Phi) is 9.64. The molecule has 4 heterocycles. The molecule has 254 valence electrons. The highest BCUT2D eigenvalue weighted by molar-refractivity contribution is 5.93. The van der Waals surface area contributed by atoms with E-state index in [0.717, 1.165) is 43.9 Å². The minimum Gasteiger partial charge on any atom is -0.477 e. The quantitative estimate of drug-likeness (QED) is 0.149. The number of carbonyl (C=O) groups is 1. The lowest BCUT2D eigenvalue weighted by atomic mass is 10.1. The second-order valence-electron chi connectivity index (χ2n) is 12.2. The van der Waals surface area contributed by atoms with E-state index in [1.807, 2.05) is 17.9 Å². The first-order valence-corrected chi connectivity index (χ1v) is 16.5. The number of halogens is 1. The van der Waals surface area contributed by atoms with Crippen LogP contribution in [0.5, 0.6) is 0 Å². The SMILES string of the molecule is CCc1cc(Nc2nc(=O)c3c([nH]2)N(CCCCN2CCN(c4cc5c(cc4F)c(=O)c(C(=O)O)cn5CC)CCN2)CN3)ccc1C. The van der Waals surface area contributed by atoms with Gasteiger partial charge in [0.05, 0.1) is 17.9 Å². The van der Waals surface area contributed by atoms with E-state index < -0.39 is 17.2 Å². The maximum Gasteiger partial charge on any atom is 0.341 e. The number of aromatic amines is 1. The van der Waals surface area contributed by atoms with Gasteiger partial charge in [0.2, 0.25) is 11.4 Å². The fourth-order valence-electron chi connectivity index (χ4n) is 6.50. The molecule has 0 bridgehead atoms. The molecule has 0 atom stereocenters. The normalized spacial score (nSPS) is 15.0. The summed E-state index contributed by atoms with van der Waals surface area (Å²) in [5.41, 5.74) is 6.80. The number of carboxylic acid groups (broad SMARTS) is 1. The molecule has 0 unspecified atom stereocenters. The Hall–Kier alpha value is -4.95. The van der Waals surface area contributed by atoms with Crippen LogP contribution in [0.4, 0.5) is 33.2 Å². The Balaban J connectivity index is 1.05. The van der Waals surface area contributed by atoms with Crippen LogP contribution < -0.4 is 36.8 Å². The van der Waals surface area contributed by atoms with Crippen molar-refractivity contribution in [3.8, 4) is 0 Å². The number of H-pyrrole nitrogens is 1. The number of hydrogen-bond acceptors (Lipinski definition) is 10. The molecule has 0 spiro atoms. The van der Waals surface area contributed by atoms with Crippen molar-refractivity contribution in [3.05, 3.63) is 79.6 Å². The van der Waals surface area contributed by atoms with Crippen LogP contribution in [-0.4, -0.2) is 76.6 Å². The molecule has 14 heteroatoms. The van der Waals surface area contributed by atoms with E-state index in [0.29, 0.717) is 62.2 Å². The number of hydrogen-bond donors (Lipinski definition) is 5. The highest BCUT2D eigenvalue weighted by Gasteiger charge is 2.24. The third-order valence-electron chi connectivity index (χ3n) is 9.18. The molecule has 0 saturated carbocycles. The first-order chi connectivity index (χ1) is 23.2. The Morgan fingerprint density at radius 2 is 1.90 bits per heavy atom. The third-order valence-corrected chi connectivity index (χ3v) is 9.18. The van der Waals surface area contributed by atoms with Crippen LogP contribution in [0.1, 0.15) is 48.2 Å². The second-order valence-corrected chi connectivity index (χ2v) is 12.2. The van der Waals surface area contributed by atoms with Crippen molar-refractivity contribution in [2.45, 2.75) is 46.6 Å². The number of hydrazine groups is 1. The first-order valence-electron chi connectivity index (χ1n) is 16.5. The number of benzene rings is 2. The summed E-state index contributed by atoms with van der Waals surface area (Å²) in [4.78, 5) is 48.7. The van der Waals surface area contributed by atoms with Gasteiger partial charge in [-0.25, -0.2) is 14.2 Å². The Labute approximate surface area is 277 Å². The van der Waals surface area contributed by atoms with Gasteiger partial charge in [0, 0.05) is 63.1 Å². The summed E-state index contributed by atoms with van der Waals surface area (Å²) in [5.74, 6) is -0.738. The van der Waals surface area contributed by atoms with Gasteiger partial charge in [0.1, 0.15) is 22.9 Å². The largest absolute Gasteiger partial charge is 0.477 e. The molecule has 5 N–H and O–H groups in total. The smallest absolute Gasteiger partial charge is 0.341 e. The van der Waals surface area contributed by atoms with Gasteiger partial charge in [0.15, 0.2) is 0 Å². The predicted molar refractivity (Wildman–Crippen MR) is 186 cm³/mol. The van der Waals surface area contributed by atoms with E-state index in [-0.39, 0.29) is 16.5 Å². The number of carboxylic acids is 1. The van der Waals surface area contributed by atoms with E-state index in [1.54, 1.807) is 10.6 Å². The van der Waals surface area contributed by atoms with Crippen molar-refractivity contribution in [2.24, 2.45) is 0 Å². The Morgan fingerprint density at radius 1 is 1.08 bits per heavy atom. The molecule has 1 fully saturated rings. The minimum absolute atomic E-state index is 0.0630. The molecule has 0 amide bonds. The summed E-state index contributed by atoms with van der Waals surface area (Å²) in [6.07, 6.45) is 4.04. The lowest BCUT2D eigenvalue weighted by Gasteiger charge is -2.24. The topological polar surface area (TPSA) is 151 Å². The van der Waals surface area contributed by atoms with Gasteiger partial charge in [-0.1, -0.05) is 13.0 Å². The van der Waals surface area contributed by atoms with Crippen LogP contribution in [-0.2, 0) is 13.0 Å². The van der Waals surface area contributed by atoms with Gasteiger partial charge < -0.3 is 35.1 Å². The van der Waals surface area contributed by atoms with Gasteiger partial charge in [-0.05, 0) is 68.5 Å². The van der Waals surface area contributed by atoms with Crippen LogP contribution in [0, 0.1) is 12.7 Å². The third kappa shape index (κ3) is 6.71. The molecule has 13 nitrogen and oxygen atoms in total. The molecule has 0 aliphatic carbocycles. The molecular weight excluding hydrogens is 617 g/mol. The fraction of sp³-hybridized carbons (Fsp3) is 0.412. The molecule has 48 heavy (non-hydrogen) atoms. The fourth-order valence-corrected chi connectivity index (χ4v) is 6.50. The number of rotatable bonds is 11. The molecule has 2 aromatic heterocycles. The maximum absolute atomic E-state index is 15.4. The predicted octanol–water partition coefficient (Wildman–Crippen LogP) is 3.85. The summed E-state index contributed by atoms with van der Waals surface area (Å²) < 4.78 is 17.1. The van der Waals surface area contributed by atoms with E-state index >= 15 is 4.39 Å². The minimum atomic E-state index is -1.33. The number of nitrogens with zero attached hydrogens (tertiary/aromatic N) is 5. The molecule has 6 rings (SSSR count). The summed E-state index contributed by atoms with van der Waals surface area (Å²) in [5, 5.41) is 18.1. The number of pyridine rings is 1. The Morgan fingerprint density at radius 3 is 2.67 bits per heavy atom. The molecule has 0 radical (unpaired) electrons. The summed E-state index contributed by atoms with van der Waals surface area (Å²) in [6.45, 7) is 11.0. The standard InChI is InChI=1S/C34H42FN9O4/c1-4-22-16-23(9-8-21(22)3)38-34-39-31-29(32(46)40-34)36-20-43(31)11-6-7-12-44-15-14-42(13-10-37-44)28-18-27-24(17-26(28)35)30(45)25(33(47)48)19-41(27)5-2/h8-9,16-19,36-37H,4-7,10-15,20H2,1-3H3,(H,47,48)(H2,38,39,40,46). The Bertz CT molecular complexity index is 1960. The van der Waals surface area contributed by atoms with Gasteiger partial charge in [-0.2, -0.15) is 4.98 Å². The van der Waals surface area contributed by atoms with Crippen molar-refractivity contribution in [2.75, 3.05) is 66.4 Å². The highest BCUT2D eigenvalue weighted by Crippen LogP contribution is 2.28. The highest BCUT2D eigenvalue weighted by atomic mass is 19.1. The molecule has 2 aliphatic heterocycles. The zero-order chi connectivity index (χ0) is 33.9. The van der Waals surface area contributed by atoms with E-state index in [2.05, 4.69) is 61.9 Å². The van der Waals surface area contributed by atoms with Crippen LogP contribution in [0.2, 0.25) is 0 Å². The lowest BCUT2D eigenvalue weighted by Crippen LogP contribution is -2.39. The van der Waals surface area contributed by atoms with Gasteiger partial charge >= 0.3 is 5.97 Å². The van der Waals surface area contributed by atoms with Crippen LogP contribution in [0.15, 0.2) is 46.1 Å². The van der Waals surface area contributed by atoms with Crippen molar-refractivity contribution < 1.29 is 14.3 Å². The summed E-state index contributed by atoms with van der Waals surface area (Å²) in [7, 11) is 0. The average Bonchev–Trinajstić information content (AvgIpc) is 3.33. The lowest BCUT2D eigenvalue weighted by molar-refractivity contribution is 0.0695.